The average molecular weight is 124 g/mol. The predicted octanol–water partition coefficient (Wildman–Crippen LogP) is 0.521. The summed E-state index contributed by atoms with van der Waals surface area (Å²) in [5, 5.41) is 0. The number of benzene rings is 1. The quantitative estimate of drug-likeness (QED) is 0.424. The molecule has 0 fully saturated rings. The molecule has 0 saturated heterocycles. The first-order chi connectivity index (χ1) is 4.33. The van der Waals surface area contributed by atoms with Gasteiger partial charge >= 0.3 is 0 Å². The van der Waals surface area contributed by atoms with Gasteiger partial charge in [0.25, 0.3) is 0 Å². The SMILES string of the molecule is NOc1ccc(N)cc1. The fraction of sp³-hybridized carbons (Fsp3) is 0. The van der Waals surface area contributed by atoms with Gasteiger partial charge in [-0.15, -0.1) is 0 Å². The van der Waals surface area contributed by atoms with Crippen molar-refractivity contribution in [3.05, 3.63) is 24.3 Å². The van der Waals surface area contributed by atoms with Crippen molar-refractivity contribution < 1.29 is 4.84 Å². The van der Waals surface area contributed by atoms with Gasteiger partial charge in [-0.25, -0.2) is 0 Å². The van der Waals surface area contributed by atoms with E-state index in [0.717, 1.165) is 0 Å². The zero-order valence-electron chi connectivity index (χ0n) is 4.87. The van der Waals surface area contributed by atoms with Crippen LogP contribution in [0.1, 0.15) is 0 Å². The van der Waals surface area contributed by atoms with Crippen molar-refractivity contribution in [2.75, 3.05) is 5.73 Å². The third-order valence-electron chi connectivity index (χ3n) is 1.02. The Bertz CT molecular complexity index is 183. The van der Waals surface area contributed by atoms with Crippen LogP contribution in [0.2, 0.25) is 0 Å². The first kappa shape index (κ1) is 5.91. The second kappa shape index (κ2) is 2.37. The lowest BCUT2D eigenvalue weighted by Gasteiger charge is -1.96. The van der Waals surface area contributed by atoms with Crippen molar-refractivity contribution in [2.24, 2.45) is 5.90 Å². The molecule has 0 unspecified atom stereocenters. The van der Waals surface area contributed by atoms with Gasteiger partial charge in [0.05, 0.1) is 0 Å². The third-order valence-corrected chi connectivity index (χ3v) is 1.02. The van der Waals surface area contributed by atoms with Crippen molar-refractivity contribution in [1.29, 1.82) is 0 Å². The van der Waals surface area contributed by atoms with Crippen LogP contribution in [0.15, 0.2) is 24.3 Å². The minimum Gasteiger partial charge on any atom is -0.412 e. The molecule has 0 aliphatic carbocycles. The standard InChI is InChI=1S/C6H8N2O/c7-5-1-3-6(9-8)4-2-5/h1-4H,7-8H2. The van der Waals surface area contributed by atoms with E-state index in [1.54, 1.807) is 24.3 Å². The van der Waals surface area contributed by atoms with Crippen LogP contribution < -0.4 is 16.5 Å². The molecule has 0 aliphatic heterocycles. The van der Waals surface area contributed by atoms with Crippen molar-refractivity contribution >= 4 is 5.69 Å². The lowest BCUT2D eigenvalue weighted by molar-refractivity contribution is 0.334. The lowest BCUT2D eigenvalue weighted by Crippen LogP contribution is -2.01. The summed E-state index contributed by atoms with van der Waals surface area (Å²) < 4.78 is 0. The van der Waals surface area contributed by atoms with Crippen LogP contribution in [-0.4, -0.2) is 0 Å². The highest BCUT2D eigenvalue weighted by atomic mass is 16.6. The number of nitrogen functional groups attached to an aromatic ring is 1. The molecule has 3 nitrogen and oxygen atoms in total. The highest BCUT2D eigenvalue weighted by Gasteiger charge is 1.86. The van der Waals surface area contributed by atoms with Gasteiger partial charge in [0.15, 0.2) is 0 Å². The normalized spacial score (nSPS) is 9.00. The van der Waals surface area contributed by atoms with Crippen molar-refractivity contribution in [3.63, 3.8) is 0 Å². The summed E-state index contributed by atoms with van der Waals surface area (Å²) in [5.41, 5.74) is 6.09. The molecule has 0 saturated carbocycles. The number of anilines is 1. The summed E-state index contributed by atoms with van der Waals surface area (Å²) in [6, 6.07) is 6.86. The van der Waals surface area contributed by atoms with E-state index in [9.17, 15) is 0 Å². The Morgan fingerprint density at radius 1 is 1.11 bits per heavy atom. The van der Waals surface area contributed by atoms with Crippen molar-refractivity contribution in [3.8, 4) is 5.75 Å². The van der Waals surface area contributed by atoms with Crippen LogP contribution in [0.25, 0.3) is 0 Å². The molecular formula is C6H8N2O. The van der Waals surface area contributed by atoms with Gasteiger partial charge in [-0.1, -0.05) is 0 Å². The summed E-state index contributed by atoms with van der Waals surface area (Å²) in [7, 11) is 0. The third kappa shape index (κ3) is 1.33. The van der Waals surface area contributed by atoms with E-state index < -0.39 is 0 Å². The van der Waals surface area contributed by atoms with Crippen LogP contribution in [0.5, 0.6) is 5.75 Å². The molecule has 9 heavy (non-hydrogen) atoms. The van der Waals surface area contributed by atoms with E-state index in [1.807, 2.05) is 0 Å². The molecule has 0 amide bonds. The summed E-state index contributed by atoms with van der Waals surface area (Å²) in [6.07, 6.45) is 0. The fourth-order valence-corrected chi connectivity index (χ4v) is 0.546. The summed E-state index contributed by atoms with van der Waals surface area (Å²) in [6.45, 7) is 0. The Labute approximate surface area is 53.2 Å². The van der Waals surface area contributed by atoms with Gasteiger partial charge in [0, 0.05) is 5.69 Å². The first-order valence-electron chi connectivity index (χ1n) is 2.55. The maximum Gasteiger partial charge on any atom is 0.146 e. The average Bonchev–Trinajstić information content (AvgIpc) is 1.90. The summed E-state index contributed by atoms with van der Waals surface area (Å²) in [5.74, 6) is 5.47. The zero-order valence-corrected chi connectivity index (χ0v) is 4.87. The van der Waals surface area contributed by atoms with Crippen molar-refractivity contribution in [1.82, 2.24) is 0 Å². The maximum atomic E-state index is 5.38. The van der Waals surface area contributed by atoms with Gasteiger partial charge in [-0.05, 0) is 24.3 Å². The number of nitrogens with two attached hydrogens (primary N) is 2. The van der Waals surface area contributed by atoms with E-state index in [4.69, 9.17) is 11.6 Å². The van der Waals surface area contributed by atoms with Gasteiger partial charge in [0.1, 0.15) is 5.75 Å². The second-order valence-electron chi connectivity index (χ2n) is 1.69. The highest BCUT2D eigenvalue weighted by molar-refractivity contribution is 5.41. The zero-order chi connectivity index (χ0) is 6.69. The first-order valence-corrected chi connectivity index (χ1v) is 2.55. The van der Waals surface area contributed by atoms with Crippen LogP contribution in [0.4, 0.5) is 5.69 Å². The highest BCUT2D eigenvalue weighted by Crippen LogP contribution is 2.10. The molecule has 0 radical (unpaired) electrons. The Hall–Kier alpha value is -1.22. The molecule has 3 heteroatoms. The van der Waals surface area contributed by atoms with Gasteiger partial charge in [-0.3, -0.25) is 0 Å². The van der Waals surface area contributed by atoms with E-state index in [1.165, 1.54) is 0 Å². The van der Waals surface area contributed by atoms with E-state index in [2.05, 4.69) is 4.84 Å². The van der Waals surface area contributed by atoms with E-state index in [-0.39, 0.29) is 0 Å². The maximum absolute atomic E-state index is 5.38. The van der Waals surface area contributed by atoms with Crippen LogP contribution in [-0.2, 0) is 0 Å². The van der Waals surface area contributed by atoms with Crippen LogP contribution in [0, 0.1) is 0 Å². The Morgan fingerprint density at radius 2 is 1.67 bits per heavy atom. The summed E-state index contributed by atoms with van der Waals surface area (Å²) in [4.78, 5) is 4.41. The largest absolute Gasteiger partial charge is 0.412 e. The molecule has 0 bridgehead atoms. The predicted molar refractivity (Wildman–Crippen MR) is 35.7 cm³/mol. The Kier molecular flexibility index (Phi) is 1.55. The molecule has 1 aromatic rings. The second-order valence-corrected chi connectivity index (χ2v) is 1.69. The number of rotatable bonds is 1. The number of hydrogen-bond donors (Lipinski definition) is 2. The number of hydrogen-bond acceptors (Lipinski definition) is 3. The molecule has 0 heterocycles. The molecule has 4 N–H and O–H groups in total. The lowest BCUT2D eigenvalue weighted by atomic mass is 10.3. The minimum absolute atomic E-state index is 0.615. The Balaban J connectivity index is 2.88. The topological polar surface area (TPSA) is 61.3 Å². The van der Waals surface area contributed by atoms with Crippen LogP contribution in [0.3, 0.4) is 0 Å². The minimum atomic E-state index is 0.615. The molecular weight excluding hydrogens is 116 g/mol. The smallest absolute Gasteiger partial charge is 0.146 e. The summed E-state index contributed by atoms with van der Waals surface area (Å²) >= 11 is 0. The van der Waals surface area contributed by atoms with Gasteiger partial charge in [-0.2, -0.15) is 5.90 Å². The van der Waals surface area contributed by atoms with Crippen molar-refractivity contribution in [2.45, 2.75) is 0 Å². The molecule has 0 spiro atoms. The van der Waals surface area contributed by atoms with Gasteiger partial charge in [0.2, 0.25) is 0 Å². The fourth-order valence-electron chi connectivity index (χ4n) is 0.546. The van der Waals surface area contributed by atoms with Gasteiger partial charge < -0.3 is 10.6 Å². The molecule has 48 valence electrons. The van der Waals surface area contributed by atoms with Crippen LogP contribution >= 0.6 is 0 Å². The molecule has 1 aromatic carbocycles. The molecule has 0 aromatic heterocycles. The molecule has 0 atom stereocenters. The monoisotopic (exact) mass is 124 g/mol. The Morgan fingerprint density at radius 3 is 2.11 bits per heavy atom. The van der Waals surface area contributed by atoms with E-state index >= 15 is 0 Å². The molecule has 1 rings (SSSR count). The van der Waals surface area contributed by atoms with E-state index in [0.29, 0.717) is 11.4 Å². The molecule has 0 aliphatic rings.